The van der Waals surface area contributed by atoms with Gasteiger partial charge in [0.05, 0.1) is 11.4 Å². The van der Waals surface area contributed by atoms with E-state index in [0.29, 0.717) is 28.6 Å². The van der Waals surface area contributed by atoms with Crippen molar-refractivity contribution in [2.75, 3.05) is 18.5 Å². The molecule has 1 fully saturated rings. The molecule has 1 aliphatic rings. The number of amides is 1. The van der Waals surface area contributed by atoms with Crippen molar-refractivity contribution >= 4 is 44.4 Å². The topological polar surface area (TPSA) is 97.2 Å². The minimum Gasteiger partial charge on any atom is -0.374 e. The highest BCUT2D eigenvalue weighted by molar-refractivity contribution is 7.90. The summed E-state index contributed by atoms with van der Waals surface area (Å²) in [5.74, 6) is 0.625. The number of rotatable bonds is 8. The smallest absolute Gasteiger partial charge is 0.283 e. The molecule has 40 heavy (non-hydrogen) atoms. The summed E-state index contributed by atoms with van der Waals surface area (Å²) in [7, 11) is -1.93. The van der Waals surface area contributed by atoms with Gasteiger partial charge < -0.3 is 9.47 Å². The van der Waals surface area contributed by atoms with Crippen molar-refractivity contribution in [1.29, 1.82) is 0 Å². The number of aryl methyl sites for hydroxylation is 2. The molecule has 0 spiro atoms. The molecule has 210 valence electrons. The predicted octanol–water partition coefficient (Wildman–Crippen LogP) is 5.89. The van der Waals surface area contributed by atoms with E-state index in [1.54, 1.807) is 18.2 Å². The first kappa shape index (κ1) is 28.1. The minimum absolute atomic E-state index is 0.0101. The summed E-state index contributed by atoms with van der Waals surface area (Å²) in [5.41, 5.74) is 3.97. The van der Waals surface area contributed by atoms with Crippen LogP contribution in [0, 0.1) is 19.8 Å². The molecule has 2 heterocycles. The summed E-state index contributed by atoms with van der Waals surface area (Å²) >= 11 is 6.75. The lowest BCUT2D eigenvalue weighted by atomic mass is 9.89. The lowest BCUT2D eigenvalue weighted by Gasteiger charge is -2.28. The zero-order chi connectivity index (χ0) is 28.4. The van der Waals surface area contributed by atoms with E-state index in [0.717, 1.165) is 29.3 Å². The normalized spacial score (nSPS) is 14.4. The van der Waals surface area contributed by atoms with Crippen LogP contribution in [-0.4, -0.2) is 42.5 Å². The first-order valence-corrected chi connectivity index (χ1v) is 15.4. The number of carbonyl (C=O) groups excluding carboxylic acids is 1. The number of anilines is 1. The van der Waals surface area contributed by atoms with Crippen LogP contribution in [0.15, 0.2) is 59.5 Å². The Balaban J connectivity index is 1.35. The van der Waals surface area contributed by atoms with Crippen LogP contribution in [0.2, 0.25) is 5.02 Å². The van der Waals surface area contributed by atoms with E-state index in [4.69, 9.17) is 11.6 Å². The van der Waals surface area contributed by atoms with Crippen LogP contribution in [0.1, 0.15) is 59.5 Å². The zero-order valence-electron chi connectivity index (χ0n) is 23.0. The van der Waals surface area contributed by atoms with Crippen LogP contribution < -0.4 is 9.62 Å². The summed E-state index contributed by atoms with van der Waals surface area (Å²) in [6.07, 6.45) is 6.55. The fourth-order valence-electron chi connectivity index (χ4n) is 5.32. The average Bonchev–Trinajstić information content (AvgIpc) is 3.24. The van der Waals surface area contributed by atoms with E-state index in [1.165, 1.54) is 50.3 Å². The number of nitrogens with one attached hydrogen (secondary N) is 1. The van der Waals surface area contributed by atoms with Crippen LogP contribution in [0.3, 0.4) is 0 Å². The molecule has 2 aromatic heterocycles. The number of hydrogen-bond acceptors (Lipinski definition) is 6. The van der Waals surface area contributed by atoms with E-state index in [2.05, 4.69) is 32.7 Å². The highest BCUT2D eigenvalue weighted by Crippen LogP contribution is 2.29. The van der Waals surface area contributed by atoms with Crippen LogP contribution >= 0.6 is 11.6 Å². The zero-order valence-corrected chi connectivity index (χ0v) is 24.6. The second-order valence-electron chi connectivity index (χ2n) is 10.7. The number of hydrogen-bond donors (Lipinski definition) is 1. The molecule has 10 heteroatoms. The molecule has 1 saturated carbocycles. The Morgan fingerprint density at radius 1 is 1.02 bits per heavy atom. The Bertz CT molecular complexity index is 1640. The van der Waals surface area contributed by atoms with Gasteiger partial charge in [-0.25, -0.2) is 23.1 Å². The Morgan fingerprint density at radius 2 is 1.75 bits per heavy atom. The molecule has 0 radical (unpaired) electrons. The third-order valence-corrected chi connectivity index (χ3v) is 9.34. The Kier molecular flexibility index (Phi) is 8.14. The van der Waals surface area contributed by atoms with Crippen LogP contribution in [-0.2, 0) is 16.6 Å². The molecule has 0 unspecified atom stereocenters. The molecule has 0 aliphatic heterocycles. The number of imidazole rings is 1. The first-order chi connectivity index (χ1) is 19.1. The van der Waals surface area contributed by atoms with Crippen LogP contribution in [0.4, 0.5) is 5.69 Å². The van der Waals surface area contributed by atoms with Gasteiger partial charge in [-0.05, 0) is 74.6 Å². The first-order valence-electron chi connectivity index (χ1n) is 13.6. The summed E-state index contributed by atoms with van der Waals surface area (Å²) < 4.78 is 29.5. The van der Waals surface area contributed by atoms with E-state index in [9.17, 15) is 13.2 Å². The Hall–Kier alpha value is -3.43. The lowest BCUT2D eigenvalue weighted by molar-refractivity contribution is 0.0977. The molecule has 4 aromatic rings. The summed E-state index contributed by atoms with van der Waals surface area (Å²) in [4.78, 5) is 24.3. The minimum atomic E-state index is -4.04. The van der Waals surface area contributed by atoms with Gasteiger partial charge in [0.25, 0.3) is 15.9 Å². The molecule has 1 aliphatic carbocycles. The number of halogens is 1. The number of nitrogens with zero attached hydrogens (tertiary/aromatic N) is 4. The largest absolute Gasteiger partial charge is 0.374 e. The van der Waals surface area contributed by atoms with Crippen molar-refractivity contribution < 1.29 is 13.2 Å². The number of carbonyl (C=O) groups is 1. The molecule has 0 atom stereocenters. The van der Waals surface area contributed by atoms with Crippen LogP contribution in [0.5, 0.6) is 0 Å². The third-order valence-electron chi connectivity index (χ3n) is 7.64. The van der Waals surface area contributed by atoms with Crippen molar-refractivity contribution in [2.45, 2.75) is 57.4 Å². The van der Waals surface area contributed by atoms with Crippen molar-refractivity contribution in [1.82, 2.24) is 19.3 Å². The molecule has 1 amide bonds. The van der Waals surface area contributed by atoms with Gasteiger partial charge in [-0.15, -0.1) is 0 Å². The monoisotopic (exact) mass is 579 g/mol. The fourth-order valence-corrected chi connectivity index (χ4v) is 6.51. The molecular formula is C30H34ClN5O3S. The molecule has 0 bridgehead atoms. The highest BCUT2D eigenvalue weighted by atomic mass is 35.5. The standard InChI is InChI=1S/C30H34ClN5O3S/c1-20-9-13-25(14-10-20)40(38,39)34-30(37)28-16-15-27-29(33-28)36(21(2)32-27)19-23-11-12-24(17-26(23)31)35(3)18-22-7-5-4-6-8-22/h9-17,22H,4-8,18-19H2,1-3H3,(H,34,37). The van der Waals surface area contributed by atoms with Gasteiger partial charge in [-0.1, -0.05) is 54.6 Å². The van der Waals surface area contributed by atoms with E-state index in [1.807, 2.05) is 30.5 Å². The molecular weight excluding hydrogens is 546 g/mol. The number of aromatic nitrogens is 3. The van der Waals surface area contributed by atoms with Gasteiger partial charge in [0, 0.05) is 24.3 Å². The summed E-state index contributed by atoms with van der Waals surface area (Å²) in [6.45, 7) is 5.16. The number of sulfonamides is 1. The van der Waals surface area contributed by atoms with Gasteiger partial charge in [0.2, 0.25) is 0 Å². The quantitative estimate of drug-likeness (QED) is 0.280. The lowest BCUT2D eigenvalue weighted by Crippen LogP contribution is -2.31. The van der Waals surface area contributed by atoms with E-state index in [-0.39, 0.29) is 10.6 Å². The van der Waals surface area contributed by atoms with Crippen molar-refractivity contribution in [3.8, 4) is 0 Å². The van der Waals surface area contributed by atoms with Gasteiger partial charge in [0.15, 0.2) is 5.65 Å². The van der Waals surface area contributed by atoms with Gasteiger partial charge in [0.1, 0.15) is 17.0 Å². The maximum atomic E-state index is 12.9. The number of benzene rings is 2. The van der Waals surface area contributed by atoms with Crippen molar-refractivity contribution in [2.24, 2.45) is 5.92 Å². The predicted molar refractivity (Wildman–Crippen MR) is 158 cm³/mol. The number of fused-ring (bicyclic) bond motifs is 1. The van der Waals surface area contributed by atoms with Gasteiger partial charge >= 0.3 is 0 Å². The third kappa shape index (κ3) is 6.15. The maximum absolute atomic E-state index is 12.9. The summed E-state index contributed by atoms with van der Waals surface area (Å²) in [5, 5.41) is 0.646. The Labute approximate surface area is 240 Å². The van der Waals surface area contributed by atoms with E-state index < -0.39 is 15.9 Å². The highest BCUT2D eigenvalue weighted by Gasteiger charge is 2.21. The van der Waals surface area contributed by atoms with Crippen molar-refractivity contribution in [3.05, 3.63) is 82.3 Å². The SMILES string of the molecule is Cc1ccc(S(=O)(=O)NC(=O)c2ccc3nc(C)n(Cc4ccc(N(C)CC5CCCCC5)cc4Cl)c3n2)cc1. The molecule has 0 saturated heterocycles. The Morgan fingerprint density at radius 3 is 2.45 bits per heavy atom. The second kappa shape index (κ2) is 11.6. The van der Waals surface area contributed by atoms with Crippen LogP contribution in [0.25, 0.3) is 11.2 Å². The molecule has 2 aromatic carbocycles. The average molecular weight is 580 g/mol. The maximum Gasteiger partial charge on any atom is 0.283 e. The second-order valence-corrected chi connectivity index (χ2v) is 12.8. The number of pyridine rings is 1. The fraction of sp³-hybridized carbons (Fsp3) is 0.367. The van der Waals surface area contributed by atoms with Gasteiger partial charge in [-0.3, -0.25) is 4.79 Å². The van der Waals surface area contributed by atoms with E-state index >= 15 is 0 Å². The van der Waals surface area contributed by atoms with Gasteiger partial charge in [-0.2, -0.15) is 0 Å². The molecule has 5 rings (SSSR count). The molecule has 8 nitrogen and oxygen atoms in total. The van der Waals surface area contributed by atoms with Crippen molar-refractivity contribution in [3.63, 3.8) is 0 Å². The molecule has 1 N–H and O–H groups in total. The summed E-state index contributed by atoms with van der Waals surface area (Å²) in [6, 6.07) is 15.5.